The van der Waals surface area contributed by atoms with E-state index >= 15 is 0 Å². The fourth-order valence-electron chi connectivity index (χ4n) is 3.79. The van der Waals surface area contributed by atoms with E-state index in [0.29, 0.717) is 0 Å². The largest absolute Gasteiger partial charge is 0.494 e. The first-order chi connectivity index (χ1) is 15.5. The van der Waals surface area contributed by atoms with Crippen LogP contribution in [0.3, 0.4) is 0 Å². The van der Waals surface area contributed by atoms with Crippen molar-refractivity contribution >= 4 is 28.1 Å². The number of rotatable bonds is 11. The van der Waals surface area contributed by atoms with Gasteiger partial charge in [0.15, 0.2) is 0 Å². The third kappa shape index (κ3) is 7.98. The topological polar surface area (TPSA) is 9.23 Å². The molecular weight excluding hydrogens is 456 g/mol. The van der Waals surface area contributed by atoms with Crippen molar-refractivity contribution in [3.63, 3.8) is 0 Å². The molecule has 0 saturated carbocycles. The van der Waals surface area contributed by atoms with Gasteiger partial charge >= 0.3 is 0 Å². The Morgan fingerprint density at radius 2 is 1.50 bits per heavy atom. The fraction of sp³-hybridized carbons (Fsp3) is 0.333. The lowest BCUT2D eigenvalue weighted by atomic mass is 9.97. The Labute approximate surface area is 202 Å². The number of ether oxygens (including phenoxy) is 1. The first-order valence-corrected chi connectivity index (χ1v) is 12.6. The summed E-state index contributed by atoms with van der Waals surface area (Å²) in [6.07, 6.45) is 9.40. The van der Waals surface area contributed by atoms with Gasteiger partial charge in [-0.15, -0.1) is 0 Å². The second-order valence-corrected chi connectivity index (χ2v) is 9.98. The summed E-state index contributed by atoms with van der Waals surface area (Å²) in [5.74, 6) is 2.47. The van der Waals surface area contributed by atoms with Gasteiger partial charge in [-0.1, -0.05) is 117 Å². The average Bonchev–Trinajstić information content (AvgIpc) is 2.79. The minimum atomic E-state index is 0.720. The highest BCUT2D eigenvalue weighted by molar-refractivity contribution is 9.10. The van der Waals surface area contributed by atoms with Crippen molar-refractivity contribution in [2.75, 3.05) is 6.61 Å². The maximum Gasteiger partial charge on any atom is 0.119 e. The molecule has 1 atom stereocenters. The standard InChI is InChI=1S/C30H35BrO/c1-23(2)7-6-8-24(3)21-22-32-29-19-15-27(16-20-29)30-10-5-4-9-26(30)14-11-25-12-17-28(31)18-13-25/h4-5,9-20,23-24H,6-8,21-22H2,1-3H3. The van der Waals surface area contributed by atoms with E-state index in [1.54, 1.807) is 0 Å². The minimum Gasteiger partial charge on any atom is -0.494 e. The molecule has 3 rings (SSSR count). The highest BCUT2D eigenvalue weighted by Crippen LogP contribution is 2.27. The van der Waals surface area contributed by atoms with E-state index < -0.39 is 0 Å². The molecule has 0 aromatic heterocycles. The predicted octanol–water partition coefficient (Wildman–Crippen LogP) is 9.52. The average molecular weight is 492 g/mol. The molecule has 168 valence electrons. The summed E-state index contributed by atoms with van der Waals surface area (Å²) in [5, 5.41) is 0. The lowest BCUT2D eigenvalue weighted by Gasteiger charge is -2.13. The smallest absolute Gasteiger partial charge is 0.119 e. The molecule has 0 radical (unpaired) electrons. The van der Waals surface area contributed by atoms with Crippen LogP contribution in [0.1, 0.15) is 57.6 Å². The third-order valence-corrected chi connectivity index (χ3v) is 6.34. The second kappa shape index (κ2) is 12.6. The molecule has 0 aliphatic carbocycles. The molecule has 0 aliphatic heterocycles. The van der Waals surface area contributed by atoms with E-state index in [1.807, 2.05) is 0 Å². The van der Waals surface area contributed by atoms with Crippen LogP contribution in [0, 0.1) is 11.8 Å². The highest BCUT2D eigenvalue weighted by Gasteiger charge is 2.06. The third-order valence-electron chi connectivity index (χ3n) is 5.81. The fourth-order valence-corrected chi connectivity index (χ4v) is 4.06. The van der Waals surface area contributed by atoms with Crippen LogP contribution in [-0.2, 0) is 0 Å². The van der Waals surface area contributed by atoms with Crippen LogP contribution in [-0.4, -0.2) is 6.61 Å². The van der Waals surface area contributed by atoms with Crippen LogP contribution in [0.25, 0.3) is 23.3 Å². The maximum absolute atomic E-state index is 6.02. The van der Waals surface area contributed by atoms with Crippen molar-refractivity contribution in [1.29, 1.82) is 0 Å². The molecule has 3 aromatic carbocycles. The quantitative estimate of drug-likeness (QED) is 0.243. The van der Waals surface area contributed by atoms with Gasteiger partial charge in [0, 0.05) is 4.47 Å². The van der Waals surface area contributed by atoms with Crippen LogP contribution in [0.5, 0.6) is 5.75 Å². The molecule has 0 N–H and O–H groups in total. The van der Waals surface area contributed by atoms with E-state index in [2.05, 4.69) is 122 Å². The van der Waals surface area contributed by atoms with Crippen LogP contribution in [0.4, 0.5) is 0 Å². The van der Waals surface area contributed by atoms with Crippen LogP contribution < -0.4 is 4.74 Å². The summed E-state index contributed by atoms with van der Waals surface area (Å²) in [4.78, 5) is 0. The Hall–Kier alpha value is -2.32. The van der Waals surface area contributed by atoms with Gasteiger partial charge in [-0.05, 0) is 64.8 Å². The van der Waals surface area contributed by atoms with Crippen LogP contribution >= 0.6 is 15.9 Å². The van der Waals surface area contributed by atoms with Gasteiger partial charge in [-0.3, -0.25) is 0 Å². The Morgan fingerprint density at radius 1 is 0.781 bits per heavy atom. The Bertz CT molecular complexity index is 970. The van der Waals surface area contributed by atoms with Gasteiger partial charge < -0.3 is 4.74 Å². The summed E-state index contributed by atoms with van der Waals surface area (Å²) in [5.41, 5.74) is 4.83. The molecular formula is C30H35BrO. The van der Waals surface area contributed by atoms with Crippen LogP contribution in [0.15, 0.2) is 77.3 Å². The second-order valence-electron chi connectivity index (χ2n) is 9.06. The zero-order valence-electron chi connectivity index (χ0n) is 19.6. The van der Waals surface area contributed by atoms with E-state index in [4.69, 9.17) is 4.74 Å². The van der Waals surface area contributed by atoms with E-state index in [0.717, 1.165) is 35.1 Å². The molecule has 0 bridgehead atoms. The van der Waals surface area contributed by atoms with Crippen molar-refractivity contribution in [1.82, 2.24) is 0 Å². The Balaban J connectivity index is 1.57. The van der Waals surface area contributed by atoms with Gasteiger partial charge in [0.25, 0.3) is 0 Å². The van der Waals surface area contributed by atoms with Crippen molar-refractivity contribution in [3.05, 3.63) is 88.4 Å². The van der Waals surface area contributed by atoms with Crippen LogP contribution in [0.2, 0.25) is 0 Å². The van der Waals surface area contributed by atoms with E-state index in [9.17, 15) is 0 Å². The number of hydrogen-bond donors (Lipinski definition) is 0. The maximum atomic E-state index is 6.02. The Morgan fingerprint density at radius 3 is 2.22 bits per heavy atom. The predicted molar refractivity (Wildman–Crippen MR) is 143 cm³/mol. The summed E-state index contributed by atoms with van der Waals surface area (Å²) < 4.78 is 7.12. The molecule has 0 saturated heterocycles. The molecule has 1 unspecified atom stereocenters. The SMILES string of the molecule is CC(C)CCCC(C)CCOc1ccc(-c2ccccc2C=Cc2ccc(Br)cc2)cc1. The van der Waals surface area contributed by atoms with Crippen molar-refractivity contribution in [3.8, 4) is 16.9 Å². The van der Waals surface area contributed by atoms with Gasteiger partial charge in [-0.25, -0.2) is 0 Å². The van der Waals surface area contributed by atoms with Crippen molar-refractivity contribution in [2.45, 2.75) is 46.5 Å². The minimum absolute atomic E-state index is 0.720. The molecule has 1 nitrogen and oxygen atoms in total. The lowest BCUT2D eigenvalue weighted by Crippen LogP contribution is -2.04. The van der Waals surface area contributed by atoms with Gasteiger partial charge in [-0.2, -0.15) is 0 Å². The zero-order chi connectivity index (χ0) is 22.8. The number of benzene rings is 3. The normalized spacial score (nSPS) is 12.4. The molecule has 0 amide bonds. The van der Waals surface area contributed by atoms with Crippen molar-refractivity contribution < 1.29 is 4.74 Å². The van der Waals surface area contributed by atoms with E-state index in [-0.39, 0.29) is 0 Å². The molecule has 0 aliphatic rings. The van der Waals surface area contributed by atoms with Gasteiger partial charge in [0.2, 0.25) is 0 Å². The Kier molecular flexibility index (Phi) is 9.62. The molecule has 0 fully saturated rings. The lowest BCUT2D eigenvalue weighted by molar-refractivity contribution is 0.276. The molecule has 0 heterocycles. The zero-order valence-corrected chi connectivity index (χ0v) is 21.1. The molecule has 32 heavy (non-hydrogen) atoms. The highest BCUT2D eigenvalue weighted by atomic mass is 79.9. The summed E-state index contributed by atoms with van der Waals surface area (Å²) in [6, 6.07) is 25.4. The number of halogens is 1. The number of hydrogen-bond acceptors (Lipinski definition) is 1. The van der Waals surface area contributed by atoms with Crippen molar-refractivity contribution in [2.24, 2.45) is 11.8 Å². The molecule has 2 heteroatoms. The van der Waals surface area contributed by atoms with Gasteiger partial charge in [0.1, 0.15) is 5.75 Å². The summed E-state index contributed by atoms with van der Waals surface area (Å²) >= 11 is 3.49. The first-order valence-electron chi connectivity index (χ1n) is 11.8. The van der Waals surface area contributed by atoms with Gasteiger partial charge in [0.05, 0.1) is 6.61 Å². The summed E-state index contributed by atoms with van der Waals surface area (Å²) in [6.45, 7) is 7.73. The first kappa shape index (κ1) is 24.3. The molecule has 3 aromatic rings. The summed E-state index contributed by atoms with van der Waals surface area (Å²) in [7, 11) is 0. The molecule has 0 spiro atoms. The monoisotopic (exact) mass is 490 g/mol. The van der Waals surface area contributed by atoms with E-state index in [1.165, 1.54) is 41.5 Å².